The fourth-order valence-corrected chi connectivity index (χ4v) is 7.88. The summed E-state index contributed by atoms with van der Waals surface area (Å²) in [6.45, 7) is 1.85. The van der Waals surface area contributed by atoms with Gasteiger partial charge in [0.1, 0.15) is 9.75 Å². The summed E-state index contributed by atoms with van der Waals surface area (Å²) in [5.74, 6) is -2.53. The number of nitrogens with zero attached hydrogens (tertiary/aromatic N) is 2. The number of unbranched alkanes of at least 4 members (excludes halogenated alkanes) is 2. The van der Waals surface area contributed by atoms with Crippen LogP contribution in [0.3, 0.4) is 0 Å². The average Bonchev–Trinajstić information content (AvgIpc) is 3.22. The topological polar surface area (TPSA) is 110 Å². The van der Waals surface area contributed by atoms with E-state index in [4.69, 9.17) is 23.2 Å². The maximum atomic E-state index is 13.8. The van der Waals surface area contributed by atoms with Crippen LogP contribution >= 0.6 is 23.2 Å². The zero-order valence-electron chi connectivity index (χ0n) is 22.2. The first-order valence-electron chi connectivity index (χ1n) is 13.6. The molecule has 0 unspecified atom stereocenters. The van der Waals surface area contributed by atoms with Crippen LogP contribution in [0.4, 0.5) is 11.4 Å². The van der Waals surface area contributed by atoms with E-state index in [1.165, 1.54) is 11.0 Å². The van der Waals surface area contributed by atoms with Crippen LogP contribution in [0.5, 0.6) is 0 Å². The van der Waals surface area contributed by atoms with E-state index in [1.54, 1.807) is 19.1 Å². The monoisotopic (exact) mass is 591 g/mol. The van der Waals surface area contributed by atoms with Gasteiger partial charge in [0.25, 0.3) is 5.69 Å². The fraction of sp³-hybridized carbons (Fsp3) is 0.323. The van der Waals surface area contributed by atoms with E-state index in [9.17, 15) is 24.5 Å². The Kier molecular flexibility index (Phi) is 6.66. The number of carbonyl (C=O) groups is 3. The second-order valence-corrected chi connectivity index (χ2v) is 12.1. The molecule has 4 aliphatic rings. The number of rotatable bonds is 8. The largest absolute Gasteiger partial charge is 0.326 e. The van der Waals surface area contributed by atoms with Gasteiger partial charge >= 0.3 is 0 Å². The molecule has 41 heavy (non-hydrogen) atoms. The summed E-state index contributed by atoms with van der Waals surface area (Å²) in [7, 11) is 0. The Morgan fingerprint density at radius 2 is 1.39 bits per heavy atom. The van der Waals surface area contributed by atoms with Gasteiger partial charge in [-0.25, -0.2) is 0 Å². The summed E-state index contributed by atoms with van der Waals surface area (Å²) in [6, 6.07) is 19.6. The van der Waals surface area contributed by atoms with Crippen molar-refractivity contribution in [3.63, 3.8) is 0 Å². The van der Waals surface area contributed by atoms with Gasteiger partial charge in [0.05, 0.1) is 16.8 Å². The van der Waals surface area contributed by atoms with E-state index >= 15 is 0 Å². The average molecular weight is 592 g/mol. The van der Waals surface area contributed by atoms with Crippen molar-refractivity contribution in [1.82, 2.24) is 4.90 Å². The molecular weight excluding hydrogens is 565 g/mol. The molecule has 210 valence electrons. The van der Waals surface area contributed by atoms with Gasteiger partial charge in [-0.3, -0.25) is 29.4 Å². The van der Waals surface area contributed by atoms with Gasteiger partial charge in [-0.05, 0) is 48.1 Å². The fourth-order valence-electron chi connectivity index (χ4n) is 6.78. The van der Waals surface area contributed by atoms with Crippen LogP contribution in [0, 0.1) is 28.9 Å². The van der Waals surface area contributed by atoms with Crippen LogP contribution in [0.15, 0.2) is 66.7 Å². The molecule has 1 heterocycles. The number of benzene rings is 3. The van der Waals surface area contributed by atoms with Gasteiger partial charge < -0.3 is 5.32 Å². The van der Waals surface area contributed by atoms with Crippen molar-refractivity contribution in [2.75, 3.05) is 11.9 Å². The minimum Gasteiger partial charge on any atom is -0.326 e. The Labute approximate surface area is 246 Å². The lowest BCUT2D eigenvalue weighted by atomic mass is 9.54. The zero-order valence-corrected chi connectivity index (χ0v) is 23.7. The minimum atomic E-state index is -1.20. The van der Waals surface area contributed by atoms with Crippen molar-refractivity contribution in [2.45, 2.75) is 42.4 Å². The predicted molar refractivity (Wildman–Crippen MR) is 155 cm³/mol. The molecule has 3 aromatic rings. The van der Waals surface area contributed by atoms with Crippen LogP contribution in [0.2, 0.25) is 0 Å². The lowest BCUT2D eigenvalue weighted by molar-refractivity contribution is -0.385. The standard InChI is InChI=1S/C31H27Cl2N3O5/c1-18-14-15-19(17-24(18)36(40)41)34-25(37)13-3-2-8-16-35-28(38)26-27(29(35)39)31(33)21-10-5-4-9-20(21)30(26,32)22-11-6-7-12-23(22)31/h4-7,9-12,14-15,17,26-27H,2-3,8,13,16H2,1H3,(H,34,37)/t26-,27-,30?,31?/m0/s1. The van der Waals surface area contributed by atoms with Crippen molar-refractivity contribution in [3.05, 3.63) is 105 Å². The van der Waals surface area contributed by atoms with Crippen molar-refractivity contribution < 1.29 is 19.3 Å². The molecule has 8 nitrogen and oxygen atoms in total. The Balaban J connectivity index is 1.13. The van der Waals surface area contributed by atoms with E-state index in [2.05, 4.69) is 5.32 Å². The normalized spacial score (nSPS) is 25.5. The number of hydrogen-bond acceptors (Lipinski definition) is 5. The number of carbonyl (C=O) groups excluding carboxylic acids is 3. The number of anilines is 1. The Hall–Kier alpha value is -3.75. The molecule has 3 aliphatic carbocycles. The number of alkyl halides is 2. The molecule has 0 saturated carbocycles. The van der Waals surface area contributed by atoms with Gasteiger partial charge in [0.2, 0.25) is 17.7 Å². The Morgan fingerprint density at radius 1 is 0.878 bits per heavy atom. The molecule has 1 aliphatic heterocycles. The van der Waals surface area contributed by atoms with E-state index < -0.39 is 26.5 Å². The molecule has 1 N–H and O–H groups in total. The van der Waals surface area contributed by atoms with Crippen LogP contribution in [-0.4, -0.2) is 34.1 Å². The molecule has 0 aromatic heterocycles. The summed E-state index contributed by atoms with van der Waals surface area (Å²) in [5, 5.41) is 13.9. The first-order chi connectivity index (χ1) is 19.6. The number of imide groups is 1. The number of likely N-dealkylation sites (tertiary alicyclic amines) is 1. The first kappa shape index (κ1) is 27.4. The molecular formula is C31H27Cl2N3O5. The second-order valence-electron chi connectivity index (χ2n) is 10.9. The van der Waals surface area contributed by atoms with Crippen LogP contribution in [0.1, 0.15) is 53.5 Å². The number of nitro benzene ring substituents is 1. The van der Waals surface area contributed by atoms with Gasteiger partial charge in [-0.1, -0.05) is 61.0 Å². The lowest BCUT2D eigenvalue weighted by Gasteiger charge is -2.54. The number of nitro groups is 1. The molecule has 3 aromatic carbocycles. The minimum absolute atomic E-state index is 0.0552. The highest BCUT2D eigenvalue weighted by Gasteiger charge is 2.72. The highest BCUT2D eigenvalue weighted by molar-refractivity contribution is 6.36. The molecule has 0 spiro atoms. The third-order valence-electron chi connectivity index (χ3n) is 8.65. The molecule has 3 amide bonds. The van der Waals surface area contributed by atoms with Gasteiger partial charge in [0, 0.05) is 30.3 Å². The third-order valence-corrected chi connectivity index (χ3v) is 9.94. The van der Waals surface area contributed by atoms with Gasteiger partial charge in [0.15, 0.2) is 0 Å². The summed E-state index contributed by atoms with van der Waals surface area (Å²) < 4.78 is 0. The maximum absolute atomic E-state index is 13.8. The van der Waals surface area contributed by atoms with Crippen molar-refractivity contribution in [3.8, 4) is 0 Å². The van der Waals surface area contributed by atoms with Gasteiger partial charge in [-0.15, -0.1) is 23.2 Å². The maximum Gasteiger partial charge on any atom is 0.274 e. The quantitative estimate of drug-likeness (QED) is 0.114. The molecule has 1 saturated heterocycles. The highest BCUT2D eigenvalue weighted by atomic mass is 35.5. The van der Waals surface area contributed by atoms with E-state index in [-0.39, 0.29) is 36.4 Å². The SMILES string of the molecule is Cc1ccc(NC(=O)CCCCCN2C(=O)[C@@H]3[C@@H](C2=O)C2(Cl)c4ccccc4C3(Cl)c3ccccc32)cc1[N+](=O)[O-]. The number of nitrogens with one attached hydrogen (secondary N) is 1. The van der Waals surface area contributed by atoms with E-state index in [1.807, 2.05) is 48.5 Å². The molecule has 0 radical (unpaired) electrons. The number of aryl methyl sites for hydroxylation is 1. The van der Waals surface area contributed by atoms with Crippen LogP contribution in [0.25, 0.3) is 0 Å². The summed E-state index contributed by atoms with van der Waals surface area (Å²) in [5.41, 5.74) is 3.90. The van der Waals surface area contributed by atoms with E-state index in [0.717, 1.165) is 22.3 Å². The van der Waals surface area contributed by atoms with E-state index in [0.29, 0.717) is 30.5 Å². The molecule has 10 heteroatoms. The number of halogens is 2. The second kappa shape index (κ2) is 9.96. The molecule has 2 bridgehead atoms. The number of amides is 3. The third kappa shape index (κ3) is 3.99. The number of hydrogen-bond donors (Lipinski definition) is 1. The molecule has 7 rings (SSSR count). The lowest BCUT2D eigenvalue weighted by Crippen LogP contribution is -2.57. The van der Waals surface area contributed by atoms with Crippen LogP contribution < -0.4 is 5.32 Å². The van der Waals surface area contributed by atoms with Crippen molar-refractivity contribution >= 4 is 52.3 Å². The summed E-state index contributed by atoms with van der Waals surface area (Å²) in [4.78, 5) is 49.7. The summed E-state index contributed by atoms with van der Waals surface area (Å²) in [6.07, 6.45) is 1.85. The highest BCUT2D eigenvalue weighted by Crippen LogP contribution is 2.69. The van der Waals surface area contributed by atoms with Crippen LogP contribution in [-0.2, 0) is 24.1 Å². The zero-order chi connectivity index (χ0) is 29.1. The first-order valence-corrected chi connectivity index (χ1v) is 14.3. The molecule has 1 fully saturated rings. The Morgan fingerprint density at radius 3 is 1.88 bits per heavy atom. The predicted octanol–water partition coefficient (Wildman–Crippen LogP) is 6.00. The summed E-state index contributed by atoms with van der Waals surface area (Å²) >= 11 is 14.9. The van der Waals surface area contributed by atoms with Crippen molar-refractivity contribution in [1.29, 1.82) is 0 Å². The van der Waals surface area contributed by atoms with Gasteiger partial charge in [-0.2, -0.15) is 0 Å². The van der Waals surface area contributed by atoms with Crippen molar-refractivity contribution in [2.24, 2.45) is 11.8 Å². The molecule has 2 atom stereocenters. The Bertz CT molecular complexity index is 1500. The smallest absolute Gasteiger partial charge is 0.274 e.